The number of allylic oxidation sites excluding steroid dienone is 2. The number of nitriles is 1. The zero-order chi connectivity index (χ0) is 16.8. The lowest BCUT2D eigenvalue weighted by Gasteiger charge is -2.19. The Hall–Kier alpha value is -1.82. The van der Waals surface area contributed by atoms with E-state index in [0.717, 1.165) is 19.4 Å². The van der Waals surface area contributed by atoms with Gasteiger partial charge in [0, 0.05) is 0 Å². The van der Waals surface area contributed by atoms with Gasteiger partial charge in [-0.1, -0.05) is 48.0 Å². The van der Waals surface area contributed by atoms with Crippen LogP contribution in [0.1, 0.15) is 37.3 Å². The summed E-state index contributed by atoms with van der Waals surface area (Å²) in [5, 5.41) is 12.2. The average Bonchev–Trinajstić information content (AvgIpc) is 2.53. The van der Waals surface area contributed by atoms with E-state index in [-0.39, 0.29) is 18.3 Å². The van der Waals surface area contributed by atoms with Crippen molar-refractivity contribution in [3.05, 3.63) is 59.2 Å². The smallest absolute Gasteiger partial charge is 0.0733 e. The van der Waals surface area contributed by atoms with Crippen LogP contribution in [-0.4, -0.2) is 25.5 Å². The standard InChI is InChI=1S/C21H26N2.ClH/c1-16(2)9-10-18-12-11-17-7-5-6-8-20(17)21(18)19(15-22)13-14-23(3)4;/h5-9,11-12,19H,10,13-14H2,1-4H3;1H. The number of hydrogen-bond acceptors (Lipinski definition) is 2. The van der Waals surface area contributed by atoms with Crippen molar-refractivity contribution < 1.29 is 0 Å². The maximum atomic E-state index is 9.77. The predicted molar refractivity (Wildman–Crippen MR) is 106 cm³/mol. The van der Waals surface area contributed by atoms with Crippen molar-refractivity contribution in [2.24, 2.45) is 0 Å². The lowest BCUT2D eigenvalue weighted by atomic mass is 9.86. The molecule has 1 atom stereocenters. The zero-order valence-corrected chi connectivity index (χ0v) is 15.9. The molecule has 128 valence electrons. The lowest BCUT2D eigenvalue weighted by Crippen LogP contribution is -2.16. The molecule has 0 aliphatic carbocycles. The molecule has 3 heteroatoms. The summed E-state index contributed by atoms with van der Waals surface area (Å²) >= 11 is 0. The second kappa shape index (κ2) is 9.47. The van der Waals surface area contributed by atoms with Crippen LogP contribution in [-0.2, 0) is 6.42 Å². The third-order valence-electron chi connectivity index (χ3n) is 4.16. The molecule has 0 saturated carbocycles. The van der Waals surface area contributed by atoms with Gasteiger partial charge in [-0.15, -0.1) is 12.4 Å². The molecular formula is C21H27ClN2. The van der Waals surface area contributed by atoms with E-state index in [2.05, 4.69) is 81.4 Å². The summed E-state index contributed by atoms with van der Waals surface area (Å²) in [5.74, 6) is -0.0657. The quantitative estimate of drug-likeness (QED) is 0.663. The largest absolute Gasteiger partial charge is 0.309 e. The SMILES string of the molecule is CC(C)=CCc1ccc2ccccc2c1C(C#N)CCN(C)C.Cl. The van der Waals surface area contributed by atoms with Gasteiger partial charge in [-0.05, 0) is 69.2 Å². The van der Waals surface area contributed by atoms with E-state index in [1.165, 1.54) is 27.5 Å². The first-order chi connectivity index (χ1) is 11.0. The fraction of sp³-hybridized carbons (Fsp3) is 0.381. The number of hydrogen-bond donors (Lipinski definition) is 0. The van der Waals surface area contributed by atoms with Crippen molar-refractivity contribution in [1.29, 1.82) is 5.26 Å². The summed E-state index contributed by atoms with van der Waals surface area (Å²) in [6.45, 7) is 5.16. The summed E-state index contributed by atoms with van der Waals surface area (Å²) in [5.41, 5.74) is 3.80. The van der Waals surface area contributed by atoms with Gasteiger partial charge < -0.3 is 4.90 Å². The number of benzene rings is 2. The molecule has 0 bridgehead atoms. The molecule has 2 nitrogen and oxygen atoms in total. The van der Waals surface area contributed by atoms with Gasteiger partial charge in [0.15, 0.2) is 0 Å². The van der Waals surface area contributed by atoms with Gasteiger partial charge in [0.25, 0.3) is 0 Å². The van der Waals surface area contributed by atoms with E-state index in [1.54, 1.807) is 0 Å². The topological polar surface area (TPSA) is 27.0 Å². The van der Waals surface area contributed by atoms with E-state index < -0.39 is 0 Å². The fourth-order valence-corrected chi connectivity index (χ4v) is 2.91. The first kappa shape index (κ1) is 20.2. The van der Waals surface area contributed by atoms with Gasteiger partial charge in [0.2, 0.25) is 0 Å². The van der Waals surface area contributed by atoms with Crippen LogP contribution < -0.4 is 0 Å². The van der Waals surface area contributed by atoms with Gasteiger partial charge in [-0.3, -0.25) is 0 Å². The minimum absolute atomic E-state index is 0. The monoisotopic (exact) mass is 342 g/mol. The predicted octanol–water partition coefficient (Wildman–Crippen LogP) is 5.33. The number of fused-ring (bicyclic) bond motifs is 1. The van der Waals surface area contributed by atoms with Crippen molar-refractivity contribution in [2.75, 3.05) is 20.6 Å². The fourth-order valence-electron chi connectivity index (χ4n) is 2.91. The molecule has 2 rings (SSSR count). The van der Waals surface area contributed by atoms with Gasteiger partial charge in [-0.25, -0.2) is 0 Å². The molecule has 2 aromatic carbocycles. The van der Waals surface area contributed by atoms with E-state index in [1.807, 2.05) is 0 Å². The Morgan fingerprint density at radius 1 is 1.17 bits per heavy atom. The molecule has 0 fully saturated rings. The summed E-state index contributed by atoms with van der Waals surface area (Å²) in [6, 6.07) is 15.3. The van der Waals surface area contributed by atoms with E-state index in [0.29, 0.717) is 0 Å². The Morgan fingerprint density at radius 3 is 2.50 bits per heavy atom. The highest BCUT2D eigenvalue weighted by atomic mass is 35.5. The molecule has 0 amide bonds. The Morgan fingerprint density at radius 2 is 1.88 bits per heavy atom. The van der Waals surface area contributed by atoms with Crippen LogP contribution in [0, 0.1) is 11.3 Å². The second-order valence-corrected chi connectivity index (χ2v) is 6.62. The minimum Gasteiger partial charge on any atom is -0.309 e. The molecule has 0 N–H and O–H groups in total. The molecule has 0 saturated heterocycles. The van der Waals surface area contributed by atoms with Crippen LogP contribution >= 0.6 is 12.4 Å². The van der Waals surface area contributed by atoms with Crippen molar-refractivity contribution in [2.45, 2.75) is 32.6 Å². The highest BCUT2D eigenvalue weighted by Gasteiger charge is 2.18. The van der Waals surface area contributed by atoms with Gasteiger partial charge in [-0.2, -0.15) is 5.26 Å². The first-order valence-corrected chi connectivity index (χ1v) is 8.21. The van der Waals surface area contributed by atoms with E-state index in [9.17, 15) is 5.26 Å². The summed E-state index contributed by atoms with van der Waals surface area (Å²) in [7, 11) is 4.11. The van der Waals surface area contributed by atoms with Crippen LogP contribution in [0.4, 0.5) is 0 Å². The Labute approximate surface area is 152 Å². The van der Waals surface area contributed by atoms with Crippen LogP contribution in [0.25, 0.3) is 10.8 Å². The molecule has 0 aliphatic rings. The number of halogens is 1. The van der Waals surface area contributed by atoms with Crippen LogP contribution in [0.3, 0.4) is 0 Å². The van der Waals surface area contributed by atoms with Crippen molar-refractivity contribution in [3.8, 4) is 6.07 Å². The van der Waals surface area contributed by atoms with Crippen molar-refractivity contribution in [1.82, 2.24) is 4.90 Å². The second-order valence-electron chi connectivity index (χ2n) is 6.62. The maximum Gasteiger partial charge on any atom is 0.0733 e. The molecule has 0 spiro atoms. The first-order valence-electron chi connectivity index (χ1n) is 8.21. The van der Waals surface area contributed by atoms with Gasteiger partial charge in [0.1, 0.15) is 0 Å². The maximum absolute atomic E-state index is 9.77. The number of rotatable bonds is 6. The summed E-state index contributed by atoms with van der Waals surface area (Å²) in [4.78, 5) is 2.14. The van der Waals surface area contributed by atoms with Gasteiger partial charge in [0.05, 0.1) is 12.0 Å². The van der Waals surface area contributed by atoms with E-state index in [4.69, 9.17) is 0 Å². The number of nitrogens with zero attached hydrogens (tertiary/aromatic N) is 2. The van der Waals surface area contributed by atoms with Crippen molar-refractivity contribution in [3.63, 3.8) is 0 Å². The van der Waals surface area contributed by atoms with Crippen LogP contribution in [0.5, 0.6) is 0 Å². The molecule has 1 unspecified atom stereocenters. The molecular weight excluding hydrogens is 316 g/mol. The van der Waals surface area contributed by atoms with E-state index >= 15 is 0 Å². The van der Waals surface area contributed by atoms with Crippen molar-refractivity contribution >= 4 is 23.2 Å². The molecule has 0 aromatic heterocycles. The average molecular weight is 343 g/mol. The highest BCUT2D eigenvalue weighted by Crippen LogP contribution is 2.32. The normalized spacial score (nSPS) is 11.7. The highest BCUT2D eigenvalue weighted by molar-refractivity contribution is 5.87. The Kier molecular flexibility index (Phi) is 7.98. The summed E-state index contributed by atoms with van der Waals surface area (Å²) in [6.07, 6.45) is 4.00. The third kappa shape index (κ3) is 5.09. The molecule has 2 aromatic rings. The lowest BCUT2D eigenvalue weighted by molar-refractivity contribution is 0.393. The molecule has 24 heavy (non-hydrogen) atoms. The Balaban J connectivity index is 0.00000288. The zero-order valence-electron chi connectivity index (χ0n) is 15.0. The third-order valence-corrected chi connectivity index (χ3v) is 4.16. The molecule has 0 aliphatic heterocycles. The summed E-state index contributed by atoms with van der Waals surface area (Å²) < 4.78 is 0. The van der Waals surface area contributed by atoms with Crippen LogP contribution in [0.2, 0.25) is 0 Å². The molecule has 0 heterocycles. The van der Waals surface area contributed by atoms with Crippen LogP contribution in [0.15, 0.2) is 48.0 Å². The Bertz CT molecular complexity index is 737. The van der Waals surface area contributed by atoms with Gasteiger partial charge >= 0.3 is 0 Å². The molecule has 0 radical (unpaired) electrons. The minimum atomic E-state index is -0.0657.